The second-order valence-corrected chi connectivity index (χ2v) is 3.52. The van der Waals surface area contributed by atoms with Gasteiger partial charge in [-0.25, -0.2) is 0 Å². The number of ether oxygens (including phenoxy) is 2. The standard InChI is InChI=1S/C12H19NO2/c1-4-14-5-6-15-11-7-9(2)12(13)10(3)8-11/h7-8H,4-6,13H2,1-3H3. The fourth-order valence-electron chi connectivity index (χ4n) is 1.38. The predicted molar refractivity (Wildman–Crippen MR) is 62.3 cm³/mol. The van der Waals surface area contributed by atoms with Crippen molar-refractivity contribution in [1.82, 2.24) is 0 Å². The summed E-state index contributed by atoms with van der Waals surface area (Å²) in [6.45, 7) is 7.87. The van der Waals surface area contributed by atoms with E-state index in [-0.39, 0.29) is 0 Å². The SMILES string of the molecule is CCOCCOc1cc(C)c(N)c(C)c1. The zero-order chi connectivity index (χ0) is 11.3. The molecule has 0 unspecified atom stereocenters. The van der Waals surface area contributed by atoms with Gasteiger partial charge in [0.05, 0.1) is 6.61 Å². The number of nitrogen functional groups attached to an aromatic ring is 1. The number of hydrogen-bond acceptors (Lipinski definition) is 3. The van der Waals surface area contributed by atoms with Crippen LogP contribution in [0.25, 0.3) is 0 Å². The molecule has 0 amide bonds. The van der Waals surface area contributed by atoms with E-state index in [0.29, 0.717) is 13.2 Å². The van der Waals surface area contributed by atoms with Gasteiger partial charge in [-0.15, -0.1) is 0 Å². The monoisotopic (exact) mass is 209 g/mol. The van der Waals surface area contributed by atoms with Gasteiger partial charge >= 0.3 is 0 Å². The molecule has 0 fully saturated rings. The van der Waals surface area contributed by atoms with Crippen molar-refractivity contribution in [3.63, 3.8) is 0 Å². The molecule has 1 aromatic rings. The molecular weight excluding hydrogens is 190 g/mol. The molecule has 84 valence electrons. The van der Waals surface area contributed by atoms with Gasteiger partial charge in [0, 0.05) is 12.3 Å². The third kappa shape index (κ3) is 3.44. The normalized spacial score (nSPS) is 10.3. The van der Waals surface area contributed by atoms with Crippen LogP contribution in [0.5, 0.6) is 5.75 Å². The first-order valence-electron chi connectivity index (χ1n) is 5.22. The number of aryl methyl sites for hydroxylation is 2. The molecule has 1 rings (SSSR count). The largest absolute Gasteiger partial charge is 0.491 e. The van der Waals surface area contributed by atoms with E-state index < -0.39 is 0 Å². The highest BCUT2D eigenvalue weighted by atomic mass is 16.5. The molecule has 0 bridgehead atoms. The molecule has 0 aliphatic carbocycles. The molecule has 0 aliphatic rings. The van der Waals surface area contributed by atoms with Crippen molar-refractivity contribution < 1.29 is 9.47 Å². The number of anilines is 1. The van der Waals surface area contributed by atoms with Crippen molar-refractivity contribution in [1.29, 1.82) is 0 Å². The van der Waals surface area contributed by atoms with Gasteiger partial charge in [-0.05, 0) is 44.0 Å². The summed E-state index contributed by atoms with van der Waals surface area (Å²) in [6.07, 6.45) is 0. The van der Waals surface area contributed by atoms with Gasteiger partial charge < -0.3 is 15.2 Å². The van der Waals surface area contributed by atoms with Gasteiger partial charge in [0.25, 0.3) is 0 Å². The molecule has 15 heavy (non-hydrogen) atoms. The van der Waals surface area contributed by atoms with Crippen LogP contribution in [0.15, 0.2) is 12.1 Å². The summed E-state index contributed by atoms with van der Waals surface area (Å²) < 4.78 is 10.7. The van der Waals surface area contributed by atoms with Crippen molar-refractivity contribution in [3.8, 4) is 5.75 Å². The second-order valence-electron chi connectivity index (χ2n) is 3.52. The molecule has 0 saturated carbocycles. The summed E-state index contributed by atoms with van der Waals surface area (Å²) in [5, 5.41) is 0. The third-order valence-electron chi connectivity index (χ3n) is 2.27. The van der Waals surface area contributed by atoms with Gasteiger partial charge in [0.15, 0.2) is 0 Å². The fourth-order valence-corrected chi connectivity index (χ4v) is 1.38. The molecule has 3 nitrogen and oxygen atoms in total. The van der Waals surface area contributed by atoms with Gasteiger partial charge in [-0.1, -0.05) is 0 Å². The lowest BCUT2D eigenvalue weighted by atomic mass is 10.1. The third-order valence-corrected chi connectivity index (χ3v) is 2.27. The van der Waals surface area contributed by atoms with Crippen LogP contribution < -0.4 is 10.5 Å². The van der Waals surface area contributed by atoms with Crippen LogP contribution in [0.1, 0.15) is 18.1 Å². The maximum absolute atomic E-state index is 5.85. The van der Waals surface area contributed by atoms with Crippen LogP contribution in [0.2, 0.25) is 0 Å². The van der Waals surface area contributed by atoms with E-state index in [1.54, 1.807) is 0 Å². The Morgan fingerprint density at radius 1 is 1.13 bits per heavy atom. The second kappa shape index (κ2) is 5.61. The predicted octanol–water partition coefficient (Wildman–Crippen LogP) is 2.30. The van der Waals surface area contributed by atoms with E-state index in [9.17, 15) is 0 Å². The van der Waals surface area contributed by atoms with Crippen LogP contribution in [-0.4, -0.2) is 19.8 Å². The molecule has 0 spiro atoms. The van der Waals surface area contributed by atoms with Crippen LogP contribution in [0, 0.1) is 13.8 Å². The summed E-state index contributed by atoms with van der Waals surface area (Å²) in [5.41, 5.74) is 8.80. The number of hydrogen-bond donors (Lipinski definition) is 1. The minimum atomic E-state index is 0.580. The van der Waals surface area contributed by atoms with Crippen molar-refractivity contribution in [2.45, 2.75) is 20.8 Å². The Hall–Kier alpha value is -1.22. The summed E-state index contributed by atoms with van der Waals surface area (Å²) in [7, 11) is 0. The van der Waals surface area contributed by atoms with Crippen LogP contribution >= 0.6 is 0 Å². The fraction of sp³-hybridized carbons (Fsp3) is 0.500. The first-order valence-corrected chi connectivity index (χ1v) is 5.22. The van der Waals surface area contributed by atoms with Crippen LogP contribution in [0.4, 0.5) is 5.69 Å². The Kier molecular flexibility index (Phi) is 4.43. The van der Waals surface area contributed by atoms with E-state index in [4.69, 9.17) is 15.2 Å². The van der Waals surface area contributed by atoms with E-state index >= 15 is 0 Å². The molecule has 3 heteroatoms. The highest BCUT2D eigenvalue weighted by Gasteiger charge is 2.02. The number of nitrogens with two attached hydrogens (primary N) is 1. The Morgan fingerprint density at radius 2 is 1.73 bits per heavy atom. The van der Waals surface area contributed by atoms with E-state index in [0.717, 1.165) is 29.2 Å². The lowest BCUT2D eigenvalue weighted by molar-refractivity contribution is 0.110. The number of benzene rings is 1. The maximum atomic E-state index is 5.85. The summed E-state index contributed by atoms with van der Waals surface area (Å²) >= 11 is 0. The molecule has 0 saturated heterocycles. The maximum Gasteiger partial charge on any atom is 0.120 e. The van der Waals surface area contributed by atoms with E-state index in [1.165, 1.54) is 0 Å². The highest BCUT2D eigenvalue weighted by Crippen LogP contribution is 2.23. The molecule has 0 radical (unpaired) electrons. The van der Waals surface area contributed by atoms with Gasteiger partial charge in [-0.2, -0.15) is 0 Å². The van der Waals surface area contributed by atoms with Gasteiger partial charge in [0.1, 0.15) is 12.4 Å². The minimum Gasteiger partial charge on any atom is -0.491 e. The Labute approximate surface area is 91.2 Å². The minimum absolute atomic E-state index is 0.580. The molecular formula is C12H19NO2. The summed E-state index contributed by atoms with van der Waals surface area (Å²) in [4.78, 5) is 0. The average Bonchev–Trinajstić information content (AvgIpc) is 2.21. The zero-order valence-electron chi connectivity index (χ0n) is 9.67. The highest BCUT2D eigenvalue weighted by molar-refractivity contribution is 5.55. The van der Waals surface area contributed by atoms with Crippen molar-refractivity contribution in [2.75, 3.05) is 25.6 Å². The zero-order valence-corrected chi connectivity index (χ0v) is 9.67. The molecule has 0 aliphatic heterocycles. The lowest BCUT2D eigenvalue weighted by Crippen LogP contribution is -2.07. The van der Waals surface area contributed by atoms with Crippen molar-refractivity contribution in [2.24, 2.45) is 0 Å². The first kappa shape index (κ1) is 11.9. The first-order chi connectivity index (χ1) is 7.15. The lowest BCUT2D eigenvalue weighted by Gasteiger charge is -2.10. The van der Waals surface area contributed by atoms with Crippen molar-refractivity contribution >= 4 is 5.69 Å². The molecule has 1 aromatic carbocycles. The smallest absolute Gasteiger partial charge is 0.120 e. The number of rotatable bonds is 5. The van der Waals surface area contributed by atoms with Crippen LogP contribution in [0.3, 0.4) is 0 Å². The summed E-state index contributed by atoms with van der Waals surface area (Å²) in [6, 6.07) is 3.91. The Bertz CT molecular complexity index is 300. The molecule has 2 N–H and O–H groups in total. The van der Waals surface area contributed by atoms with E-state index in [2.05, 4.69) is 0 Å². The van der Waals surface area contributed by atoms with Gasteiger partial charge in [-0.3, -0.25) is 0 Å². The Morgan fingerprint density at radius 3 is 2.27 bits per heavy atom. The van der Waals surface area contributed by atoms with E-state index in [1.807, 2.05) is 32.9 Å². The average molecular weight is 209 g/mol. The van der Waals surface area contributed by atoms with Gasteiger partial charge in [0.2, 0.25) is 0 Å². The molecule has 0 heterocycles. The quantitative estimate of drug-likeness (QED) is 0.598. The Balaban J connectivity index is 2.55. The van der Waals surface area contributed by atoms with Crippen LogP contribution in [-0.2, 0) is 4.74 Å². The molecule has 0 atom stereocenters. The summed E-state index contributed by atoms with van der Waals surface area (Å²) in [5.74, 6) is 0.860. The van der Waals surface area contributed by atoms with Crippen molar-refractivity contribution in [3.05, 3.63) is 23.3 Å². The molecule has 0 aromatic heterocycles. The topological polar surface area (TPSA) is 44.5 Å².